The summed E-state index contributed by atoms with van der Waals surface area (Å²) in [4.78, 5) is 20.7. The monoisotopic (exact) mass is 295 g/mol. The molecule has 0 fully saturated rings. The molecule has 3 rings (SSSR count). The zero-order valence-corrected chi connectivity index (χ0v) is 12.5. The Balaban J connectivity index is 1.89. The highest BCUT2D eigenvalue weighted by molar-refractivity contribution is 5.97. The SMILES string of the molecule is CC(C)CNC(=O)c1ccc2oc(-c3ccccn3)nc2c1. The van der Waals surface area contributed by atoms with E-state index in [0.29, 0.717) is 40.7 Å². The Hall–Kier alpha value is -2.69. The molecule has 1 N–H and O–H groups in total. The van der Waals surface area contributed by atoms with E-state index >= 15 is 0 Å². The Kier molecular flexibility index (Phi) is 3.87. The smallest absolute Gasteiger partial charge is 0.251 e. The molecule has 5 heteroatoms. The van der Waals surface area contributed by atoms with Crippen molar-refractivity contribution in [3.63, 3.8) is 0 Å². The molecular weight excluding hydrogens is 278 g/mol. The lowest BCUT2D eigenvalue weighted by Crippen LogP contribution is -2.27. The standard InChI is InChI=1S/C17H17N3O2/c1-11(2)10-19-16(21)12-6-7-15-14(9-12)20-17(22-15)13-5-3-4-8-18-13/h3-9,11H,10H2,1-2H3,(H,19,21). The molecule has 0 spiro atoms. The first-order chi connectivity index (χ1) is 10.6. The molecule has 22 heavy (non-hydrogen) atoms. The number of benzene rings is 1. The van der Waals surface area contributed by atoms with Gasteiger partial charge in [-0.25, -0.2) is 4.98 Å². The third-order valence-corrected chi connectivity index (χ3v) is 3.20. The number of nitrogens with one attached hydrogen (secondary N) is 1. The van der Waals surface area contributed by atoms with Gasteiger partial charge >= 0.3 is 0 Å². The third kappa shape index (κ3) is 2.98. The van der Waals surface area contributed by atoms with Gasteiger partial charge in [-0.15, -0.1) is 0 Å². The van der Waals surface area contributed by atoms with Gasteiger partial charge in [-0.1, -0.05) is 19.9 Å². The molecule has 1 amide bonds. The minimum Gasteiger partial charge on any atom is -0.435 e. The highest BCUT2D eigenvalue weighted by Gasteiger charge is 2.12. The summed E-state index contributed by atoms with van der Waals surface area (Å²) in [7, 11) is 0. The lowest BCUT2D eigenvalue weighted by molar-refractivity contribution is 0.0949. The summed E-state index contributed by atoms with van der Waals surface area (Å²) in [6.45, 7) is 4.76. The van der Waals surface area contributed by atoms with Crippen molar-refractivity contribution in [1.29, 1.82) is 0 Å². The molecule has 0 unspecified atom stereocenters. The van der Waals surface area contributed by atoms with Crippen molar-refractivity contribution in [1.82, 2.24) is 15.3 Å². The van der Waals surface area contributed by atoms with Crippen molar-refractivity contribution >= 4 is 17.0 Å². The van der Waals surface area contributed by atoms with Gasteiger partial charge in [0.1, 0.15) is 11.2 Å². The maximum absolute atomic E-state index is 12.1. The molecule has 0 saturated carbocycles. The summed E-state index contributed by atoms with van der Waals surface area (Å²) < 4.78 is 5.68. The van der Waals surface area contributed by atoms with Crippen LogP contribution in [0.3, 0.4) is 0 Å². The molecule has 0 atom stereocenters. The fourth-order valence-electron chi connectivity index (χ4n) is 2.07. The van der Waals surface area contributed by atoms with Gasteiger partial charge in [0, 0.05) is 18.3 Å². The van der Waals surface area contributed by atoms with Gasteiger partial charge < -0.3 is 9.73 Å². The predicted molar refractivity (Wildman–Crippen MR) is 84.4 cm³/mol. The van der Waals surface area contributed by atoms with Crippen molar-refractivity contribution in [3.8, 4) is 11.6 Å². The molecule has 3 aromatic rings. The van der Waals surface area contributed by atoms with Gasteiger partial charge in [-0.2, -0.15) is 0 Å². The van der Waals surface area contributed by atoms with Gasteiger partial charge in [-0.3, -0.25) is 9.78 Å². The number of aromatic nitrogens is 2. The lowest BCUT2D eigenvalue weighted by atomic mass is 10.1. The minimum absolute atomic E-state index is 0.0991. The Morgan fingerprint density at radius 3 is 2.86 bits per heavy atom. The Morgan fingerprint density at radius 1 is 1.27 bits per heavy atom. The van der Waals surface area contributed by atoms with Crippen LogP contribution in [0.4, 0.5) is 0 Å². The zero-order valence-electron chi connectivity index (χ0n) is 12.5. The van der Waals surface area contributed by atoms with Crippen LogP contribution in [-0.2, 0) is 0 Å². The van der Waals surface area contributed by atoms with Crippen molar-refractivity contribution in [2.45, 2.75) is 13.8 Å². The molecule has 0 aliphatic carbocycles. The quantitative estimate of drug-likeness (QED) is 0.802. The topological polar surface area (TPSA) is 68.0 Å². The number of hydrogen-bond acceptors (Lipinski definition) is 4. The van der Waals surface area contributed by atoms with Crippen LogP contribution >= 0.6 is 0 Å². The van der Waals surface area contributed by atoms with Gasteiger partial charge in [0.2, 0.25) is 5.89 Å². The Bertz CT molecular complexity index is 794. The molecule has 2 heterocycles. The van der Waals surface area contributed by atoms with E-state index in [9.17, 15) is 4.79 Å². The van der Waals surface area contributed by atoms with Crippen molar-refractivity contribution < 1.29 is 9.21 Å². The number of rotatable bonds is 4. The van der Waals surface area contributed by atoms with Gasteiger partial charge in [0.05, 0.1) is 0 Å². The van der Waals surface area contributed by atoms with Crippen LogP contribution in [0.15, 0.2) is 47.0 Å². The molecule has 2 aromatic heterocycles. The first-order valence-corrected chi connectivity index (χ1v) is 7.23. The summed E-state index contributed by atoms with van der Waals surface area (Å²) in [6.07, 6.45) is 1.69. The van der Waals surface area contributed by atoms with Crippen LogP contribution < -0.4 is 5.32 Å². The van der Waals surface area contributed by atoms with Crippen LogP contribution in [0.2, 0.25) is 0 Å². The fourth-order valence-corrected chi connectivity index (χ4v) is 2.07. The van der Waals surface area contributed by atoms with Crippen LogP contribution in [0.25, 0.3) is 22.7 Å². The first kappa shape index (κ1) is 14.3. The predicted octanol–water partition coefficient (Wildman–Crippen LogP) is 3.28. The average Bonchev–Trinajstić information content (AvgIpc) is 2.96. The van der Waals surface area contributed by atoms with E-state index in [2.05, 4.69) is 29.1 Å². The number of amides is 1. The van der Waals surface area contributed by atoms with E-state index in [1.54, 1.807) is 24.4 Å². The molecule has 0 radical (unpaired) electrons. The number of oxazole rings is 1. The number of pyridine rings is 1. The minimum atomic E-state index is -0.0991. The van der Waals surface area contributed by atoms with E-state index in [1.807, 2.05) is 18.2 Å². The van der Waals surface area contributed by atoms with E-state index < -0.39 is 0 Å². The molecule has 112 valence electrons. The van der Waals surface area contributed by atoms with Crippen molar-refractivity contribution in [2.75, 3.05) is 6.54 Å². The second-order valence-electron chi connectivity index (χ2n) is 5.52. The third-order valence-electron chi connectivity index (χ3n) is 3.20. The number of carbonyl (C=O) groups excluding carboxylic acids is 1. The molecular formula is C17H17N3O2. The zero-order chi connectivity index (χ0) is 15.5. The highest BCUT2D eigenvalue weighted by Crippen LogP contribution is 2.23. The van der Waals surface area contributed by atoms with Crippen molar-refractivity contribution in [3.05, 3.63) is 48.2 Å². The summed E-state index contributed by atoms with van der Waals surface area (Å²) in [6, 6.07) is 10.8. The average molecular weight is 295 g/mol. The molecule has 0 aliphatic heterocycles. The summed E-state index contributed by atoms with van der Waals surface area (Å²) in [5.41, 5.74) is 2.54. The summed E-state index contributed by atoms with van der Waals surface area (Å²) in [5.74, 6) is 0.767. The molecule has 1 aromatic carbocycles. The first-order valence-electron chi connectivity index (χ1n) is 7.23. The number of fused-ring (bicyclic) bond motifs is 1. The summed E-state index contributed by atoms with van der Waals surface area (Å²) in [5, 5.41) is 2.89. The van der Waals surface area contributed by atoms with E-state index in [4.69, 9.17) is 4.42 Å². The van der Waals surface area contributed by atoms with Crippen LogP contribution in [0, 0.1) is 5.92 Å². The van der Waals surface area contributed by atoms with E-state index in [1.165, 1.54) is 0 Å². The largest absolute Gasteiger partial charge is 0.435 e. The second-order valence-corrected chi connectivity index (χ2v) is 5.52. The van der Waals surface area contributed by atoms with Crippen LogP contribution in [0.1, 0.15) is 24.2 Å². The van der Waals surface area contributed by atoms with E-state index in [0.717, 1.165) is 0 Å². The molecule has 0 saturated heterocycles. The summed E-state index contributed by atoms with van der Waals surface area (Å²) >= 11 is 0. The van der Waals surface area contributed by atoms with Crippen LogP contribution in [0.5, 0.6) is 0 Å². The molecule has 0 aliphatic rings. The Labute approximate surface area is 128 Å². The normalized spacial score (nSPS) is 11.0. The Morgan fingerprint density at radius 2 is 2.14 bits per heavy atom. The maximum atomic E-state index is 12.1. The number of hydrogen-bond donors (Lipinski definition) is 1. The highest BCUT2D eigenvalue weighted by atomic mass is 16.3. The van der Waals surface area contributed by atoms with Crippen molar-refractivity contribution in [2.24, 2.45) is 5.92 Å². The van der Waals surface area contributed by atoms with Gasteiger partial charge in [0.25, 0.3) is 5.91 Å². The van der Waals surface area contributed by atoms with E-state index in [-0.39, 0.29) is 5.91 Å². The van der Waals surface area contributed by atoms with Crippen LogP contribution in [-0.4, -0.2) is 22.4 Å². The van der Waals surface area contributed by atoms with Gasteiger partial charge in [-0.05, 0) is 36.2 Å². The number of carbonyl (C=O) groups is 1. The fraction of sp³-hybridized carbons (Fsp3) is 0.235. The second kappa shape index (κ2) is 5.97. The number of nitrogens with zero attached hydrogens (tertiary/aromatic N) is 2. The molecule has 0 bridgehead atoms. The maximum Gasteiger partial charge on any atom is 0.251 e. The molecule has 5 nitrogen and oxygen atoms in total. The lowest BCUT2D eigenvalue weighted by Gasteiger charge is -2.07. The van der Waals surface area contributed by atoms with Gasteiger partial charge in [0.15, 0.2) is 5.58 Å².